The van der Waals surface area contributed by atoms with Crippen LogP contribution in [0.1, 0.15) is 20.7 Å². The van der Waals surface area contributed by atoms with Gasteiger partial charge < -0.3 is 14.8 Å². The largest absolute Gasteiger partial charge is 0.465 e. The molecule has 0 aliphatic rings. The van der Waals surface area contributed by atoms with Gasteiger partial charge in [-0.2, -0.15) is 0 Å². The maximum absolute atomic E-state index is 11.9. The van der Waals surface area contributed by atoms with Crippen molar-refractivity contribution < 1.29 is 23.9 Å². The van der Waals surface area contributed by atoms with E-state index in [1.54, 1.807) is 42.5 Å². The number of nitrogens with one attached hydrogen (secondary N) is 1. The van der Waals surface area contributed by atoms with Crippen molar-refractivity contribution in [2.45, 2.75) is 0 Å². The van der Waals surface area contributed by atoms with Gasteiger partial charge in [-0.25, -0.2) is 9.59 Å². The van der Waals surface area contributed by atoms with Gasteiger partial charge in [0.15, 0.2) is 6.61 Å². The van der Waals surface area contributed by atoms with E-state index in [1.165, 1.54) is 13.2 Å². The maximum Gasteiger partial charge on any atom is 0.339 e. The molecule has 0 saturated heterocycles. The fourth-order valence-corrected chi connectivity index (χ4v) is 2.13. The normalized spacial score (nSPS) is 9.92. The van der Waals surface area contributed by atoms with Crippen molar-refractivity contribution in [2.24, 2.45) is 0 Å². The van der Waals surface area contributed by atoms with Crippen molar-refractivity contribution in [1.29, 1.82) is 0 Å². The molecule has 124 valence electrons. The van der Waals surface area contributed by atoms with Crippen molar-refractivity contribution in [2.75, 3.05) is 19.0 Å². The molecule has 2 rings (SSSR count). The minimum absolute atomic E-state index is 0.215. The molecule has 0 aliphatic carbocycles. The fourth-order valence-electron chi connectivity index (χ4n) is 1.87. The van der Waals surface area contributed by atoms with Crippen LogP contribution in [0.4, 0.5) is 5.69 Å². The smallest absolute Gasteiger partial charge is 0.339 e. The second kappa shape index (κ2) is 8.26. The first-order chi connectivity index (χ1) is 11.5. The highest BCUT2D eigenvalue weighted by Crippen LogP contribution is 2.16. The average molecular weight is 392 g/mol. The summed E-state index contributed by atoms with van der Waals surface area (Å²) in [6.45, 7) is -0.468. The lowest BCUT2D eigenvalue weighted by atomic mass is 10.2. The maximum atomic E-state index is 11.9. The number of anilines is 1. The number of ether oxygens (including phenoxy) is 2. The summed E-state index contributed by atoms with van der Waals surface area (Å²) in [5.74, 6) is -1.74. The molecule has 1 amide bonds. The Bertz CT molecular complexity index is 758. The molecule has 0 heterocycles. The fraction of sp³-hybridized carbons (Fsp3) is 0.118. The molecule has 7 heteroatoms. The van der Waals surface area contributed by atoms with Crippen LogP contribution in [0, 0.1) is 0 Å². The zero-order valence-electron chi connectivity index (χ0n) is 12.7. The summed E-state index contributed by atoms with van der Waals surface area (Å²) in [7, 11) is 1.25. The third kappa shape index (κ3) is 4.66. The summed E-state index contributed by atoms with van der Waals surface area (Å²) in [5.41, 5.74) is 0.836. The van der Waals surface area contributed by atoms with Crippen molar-refractivity contribution in [3.8, 4) is 0 Å². The number of benzene rings is 2. The van der Waals surface area contributed by atoms with Gasteiger partial charge in [0.25, 0.3) is 5.91 Å². The molecule has 0 bridgehead atoms. The predicted molar refractivity (Wildman–Crippen MR) is 90.8 cm³/mol. The molecule has 0 fully saturated rings. The van der Waals surface area contributed by atoms with Crippen molar-refractivity contribution in [3.63, 3.8) is 0 Å². The number of halogens is 1. The van der Waals surface area contributed by atoms with Gasteiger partial charge in [-0.3, -0.25) is 4.79 Å². The highest BCUT2D eigenvalue weighted by atomic mass is 79.9. The number of hydrogen-bond donors (Lipinski definition) is 1. The van der Waals surface area contributed by atoms with Gasteiger partial charge >= 0.3 is 11.9 Å². The van der Waals surface area contributed by atoms with E-state index in [1.807, 2.05) is 0 Å². The number of rotatable bonds is 5. The monoisotopic (exact) mass is 391 g/mol. The lowest BCUT2D eigenvalue weighted by molar-refractivity contribution is -0.119. The van der Waals surface area contributed by atoms with Gasteiger partial charge in [0.2, 0.25) is 0 Å². The number of para-hydroxylation sites is 1. The summed E-state index contributed by atoms with van der Waals surface area (Å²) in [4.78, 5) is 35.4. The van der Waals surface area contributed by atoms with E-state index in [0.717, 1.165) is 4.47 Å². The van der Waals surface area contributed by atoms with E-state index < -0.39 is 24.5 Å². The van der Waals surface area contributed by atoms with Crippen LogP contribution in [0.5, 0.6) is 0 Å². The molecule has 0 aromatic heterocycles. The summed E-state index contributed by atoms with van der Waals surface area (Å²) >= 11 is 3.26. The summed E-state index contributed by atoms with van der Waals surface area (Å²) in [6.07, 6.45) is 0. The van der Waals surface area contributed by atoms with Crippen molar-refractivity contribution >= 4 is 39.5 Å². The van der Waals surface area contributed by atoms with Gasteiger partial charge in [0.1, 0.15) is 0 Å². The molecule has 24 heavy (non-hydrogen) atoms. The van der Waals surface area contributed by atoms with E-state index in [0.29, 0.717) is 5.56 Å². The molecule has 0 saturated carbocycles. The van der Waals surface area contributed by atoms with Crippen molar-refractivity contribution in [3.05, 3.63) is 64.1 Å². The van der Waals surface area contributed by atoms with Gasteiger partial charge in [-0.1, -0.05) is 28.1 Å². The Morgan fingerprint density at radius 3 is 2.33 bits per heavy atom. The number of carbonyl (C=O) groups excluding carboxylic acids is 3. The molecule has 0 radical (unpaired) electrons. The van der Waals surface area contributed by atoms with Crippen LogP contribution in [0.15, 0.2) is 53.0 Å². The van der Waals surface area contributed by atoms with Crippen LogP contribution in [0.25, 0.3) is 0 Å². The second-order valence-electron chi connectivity index (χ2n) is 4.67. The molecule has 1 N–H and O–H groups in total. The summed E-state index contributed by atoms with van der Waals surface area (Å²) < 4.78 is 10.4. The molecule has 0 atom stereocenters. The van der Waals surface area contributed by atoms with E-state index in [9.17, 15) is 14.4 Å². The van der Waals surface area contributed by atoms with E-state index in [-0.39, 0.29) is 11.3 Å². The standard InChI is InChI=1S/C17H14BrNO5/c1-23-17(22)13-4-2-3-5-14(13)19-15(20)10-24-16(21)11-6-8-12(18)9-7-11/h2-9H,10H2,1H3,(H,19,20). The van der Waals surface area contributed by atoms with Gasteiger partial charge in [-0.05, 0) is 36.4 Å². The molecule has 0 unspecified atom stereocenters. The van der Waals surface area contributed by atoms with Crippen LogP contribution in [0.2, 0.25) is 0 Å². The Morgan fingerprint density at radius 1 is 1.00 bits per heavy atom. The molecular weight excluding hydrogens is 378 g/mol. The summed E-state index contributed by atoms with van der Waals surface area (Å²) in [5, 5.41) is 2.52. The molecular formula is C17H14BrNO5. The van der Waals surface area contributed by atoms with Gasteiger partial charge in [0, 0.05) is 4.47 Å². The minimum Gasteiger partial charge on any atom is -0.465 e. The van der Waals surface area contributed by atoms with Crippen LogP contribution in [-0.2, 0) is 14.3 Å². The van der Waals surface area contributed by atoms with Crippen molar-refractivity contribution in [1.82, 2.24) is 0 Å². The molecule has 0 spiro atoms. The van der Waals surface area contributed by atoms with Gasteiger partial charge in [-0.15, -0.1) is 0 Å². The Hall–Kier alpha value is -2.67. The highest BCUT2D eigenvalue weighted by Gasteiger charge is 2.15. The molecule has 2 aromatic rings. The first kappa shape index (κ1) is 17.7. The van der Waals surface area contributed by atoms with E-state index in [2.05, 4.69) is 26.0 Å². The Morgan fingerprint density at radius 2 is 1.67 bits per heavy atom. The number of methoxy groups -OCH3 is 1. The summed E-state index contributed by atoms with van der Waals surface area (Å²) in [6, 6.07) is 12.9. The van der Waals surface area contributed by atoms with Crippen LogP contribution in [0.3, 0.4) is 0 Å². The lowest BCUT2D eigenvalue weighted by Crippen LogP contribution is -2.22. The quantitative estimate of drug-likeness (QED) is 0.792. The zero-order chi connectivity index (χ0) is 17.5. The highest BCUT2D eigenvalue weighted by molar-refractivity contribution is 9.10. The molecule has 2 aromatic carbocycles. The number of hydrogen-bond acceptors (Lipinski definition) is 5. The third-order valence-corrected chi connectivity index (χ3v) is 3.55. The average Bonchev–Trinajstić information content (AvgIpc) is 2.60. The van der Waals surface area contributed by atoms with Gasteiger partial charge in [0.05, 0.1) is 23.9 Å². The van der Waals surface area contributed by atoms with Crippen LogP contribution >= 0.6 is 15.9 Å². The van der Waals surface area contributed by atoms with Crippen LogP contribution in [-0.4, -0.2) is 31.6 Å². The molecule has 6 nitrogen and oxygen atoms in total. The topological polar surface area (TPSA) is 81.7 Å². The predicted octanol–water partition coefficient (Wildman–Crippen LogP) is 3.03. The Balaban J connectivity index is 1.95. The Kier molecular flexibility index (Phi) is 6.08. The Labute approximate surface area is 146 Å². The first-order valence-corrected chi connectivity index (χ1v) is 7.70. The molecule has 0 aliphatic heterocycles. The number of esters is 2. The number of carbonyl (C=O) groups is 3. The lowest BCUT2D eigenvalue weighted by Gasteiger charge is -2.10. The van der Waals surface area contributed by atoms with E-state index >= 15 is 0 Å². The third-order valence-electron chi connectivity index (χ3n) is 3.02. The van der Waals surface area contributed by atoms with Crippen LogP contribution < -0.4 is 5.32 Å². The zero-order valence-corrected chi connectivity index (χ0v) is 14.3. The minimum atomic E-state index is -0.612. The number of amides is 1. The first-order valence-electron chi connectivity index (χ1n) is 6.91. The second-order valence-corrected chi connectivity index (χ2v) is 5.58. The SMILES string of the molecule is COC(=O)c1ccccc1NC(=O)COC(=O)c1ccc(Br)cc1. The van der Waals surface area contributed by atoms with E-state index in [4.69, 9.17) is 4.74 Å².